The summed E-state index contributed by atoms with van der Waals surface area (Å²) >= 11 is 0. The van der Waals surface area contributed by atoms with Crippen molar-refractivity contribution in [3.8, 4) is 0 Å². The summed E-state index contributed by atoms with van der Waals surface area (Å²) < 4.78 is 0. The molecule has 2 aromatic rings. The SMILES string of the molecule is Cc1ccc(C(=O)Nc2ccc(C3=NNC(=O)CC3)cc2)c(C)c1. The van der Waals surface area contributed by atoms with Gasteiger partial charge in [-0.05, 0) is 43.2 Å². The number of nitrogens with zero attached hydrogens (tertiary/aromatic N) is 1. The number of hydrogen-bond acceptors (Lipinski definition) is 3. The summed E-state index contributed by atoms with van der Waals surface area (Å²) in [4.78, 5) is 23.5. The molecule has 2 aromatic carbocycles. The molecule has 0 saturated heterocycles. The van der Waals surface area contributed by atoms with Crippen LogP contribution in [-0.2, 0) is 4.79 Å². The average molecular weight is 321 g/mol. The topological polar surface area (TPSA) is 70.6 Å². The van der Waals surface area contributed by atoms with Gasteiger partial charge in [0.25, 0.3) is 5.91 Å². The maximum atomic E-state index is 12.4. The summed E-state index contributed by atoms with van der Waals surface area (Å²) in [5.74, 6) is -0.182. The smallest absolute Gasteiger partial charge is 0.255 e. The van der Waals surface area contributed by atoms with Crippen molar-refractivity contribution in [3.05, 3.63) is 64.7 Å². The molecule has 0 radical (unpaired) electrons. The Bertz CT molecular complexity index is 823. The fraction of sp³-hybridized carbons (Fsp3) is 0.211. The number of carbonyl (C=O) groups excluding carboxylic acids is 2. The number of rotatable bonds is 3. The molecule has 0 saturated carbocycles. The number of hydrogen-bond donors (Lipinski definition) is 2. The molecule has 0 unspecified atom stereocenters. The van der Waals surface area contributed by atoms with E-state index in [1.54, 1.807) is 0 Å². The molecule has 5 heteroatoms. The van der Waals surface area contributed by atoms with Gasteiger partial charge < -0.3 is 5.32 Å². The summed E-state index contributed by atoms with van der Waals surface area (Å²) in [6.45, 7) is 3.93. The summed E-state index contributed by atoms with van der Waals surface area (Å²) in [5, 5.41) is 6.98. The molecule has 2 N–H and O–H groups in total. The first-order valence-corrected chi connectivity index (χ1v) is 7.87. The first kappa shape index (κ1) is 15.9. The highest BCUT2D eigenvalue weighted by atomic mass is 16.2. The molecule has 0 spiro atoms. The predicted octanol–water partition coefficient (Wildman–Crippen LogP) is 3.17. The minimum Gasteiger partial charge on any atom is -0.322 e. The predicted molar refractivity (Wildman–Crippen MR) is 94.2 cm³/mol. The van der Waals surface area contributed by atoms with Crippen molar-refractivity contribution in [1.29, 1.82) is 0 Å². The minimum absolute atomic E-state index is 0.0592. The van der Waals surface area contributed by atoms with E-state index in [-0.39, 0.29) is 11.8 Å². The number of anilines is 1. The van der Waals surface area contributed by atoms with Crippen LogP contribution in [0.3, 0.4) is 0 Å². The molecular formula is C19H19N3O2. The summed E-state index contributed by atoms with van der Waals surface area (Å²) in [7, 11) is 0. The van der Waals surface area contributed by atoms with Gasteiger partial charge in [0.1, 0.15) is 0 Å². The second-order valence-corrected chi connectivity index (χ2v) is 5.94. The lowest BCUT2D eigenvalue weighted by atomic mass is 10.0. The molecule has 2 amide bonds. The standard InChI is InChI=1S/C19H19N3O2/c1-12-3-8-16(13(2)11-12)19(24)20-15-6-4-14(5-7-15)17-9-10-18(23)22-21-17/h3-8,11H,9-10H2,1-2H3,(H,20,24)(H,22,23). The van der Waals surface area contributed by atoms with Crippen molar-refractivity contribution >= 4 is 23.2 Å². The van der Waals surface area contributed by atoms with Crippen LogP contribution in [-0.4, -0.2) is 17.5 Å². The van der Waals surface area contributed by atoms with E-state index in [1.807, 2.05) is 56.3 Å². The third-order valence-corrected chi connectivity index (χ3v) is 4.01. The Labute approximate surface area is 140 Å². The second-order valence-electron chi connectivity index (χ2n) is 5.94. The third kappa shape index (κ3) is 3.51. The molecule has 24 heavy (non-hydrogen) atoms. The van der Waals surface area contributed by atoms with Gasteiger partial charge in [-0.3, -0.25) is 9.59 Å². The van der Waals surface area contributed by atoms with E-state index < -0.39 is 0 Å². The lowest BCUT2D eigenvalue weighted by molar-refractivity contribution is -0.121. The van der Waals surface area contributed by atoms with Gasteiger partial charge >= 0.3 is 0 Å². The summed E-state index contributed by atoms with van der Waals surface area (Å²) in [6.07, 6.45) is 1.07. The highest BCUT2D eigenvalue weighted by Gasteiger charge is 2.14. The van der Waals surface area contributed by atoms with Crippen LogP contribution in [0.5, 0.6) is 0 Å². The molecule has 0 fully saturated rings. The van der Waals surface area contributed by atoms with E-state index in [0.717, 1.165) is 28.1 Å². The molecule has 5 nitrogen and oxygen atoms in total. The average Bonchev–Trinajstić information content (AvgIpc) is 2.56. The Morgan fingerprint density at radius 1 is 1.08 bits per heavy atom. The summed E-state index contributed by atoms with van der Waals surface area (Å²) in [5.41, 5.74) is 7.77. The van der Waals surface area contributed by atoms with Crippen LogP contribution in [0.15, 0.2) is 47.6 Å². The number of hydrazone groups is 1. The highest BCUT2D eigenvalue weighted by Crippen LogP contribution is 2.17. The van der Waals surface area contributed by atoms with Crippen LogP contribution in [0, 0.1) is 13.8 Å². The van der Waals surface area contributed by atoms with Gasteiger partial charge in [0, 0.05) is 24.1 Å². The third-order valence-electron chi connectivity index (χ3n) is 4.01. The molecule has 122 valence electrons. The van der Waals surface area contributed by atoms with Crippen molar-refractivity contribution in [2.45, 2.75) is 26.7 Å². The molecule has 1 aliphatic rings. The van der Waals surface area contributed by atoms with Crippen molar-refractivity contribution in [3.63, 3.8) is 0 Å². The van der Waals surface area contributed by atoms with Crippen LogP contribution in [0.1, 0.15) is 39.9 Å². The first-order chi connectivity index (χ1) is 11.5. The van der Waals surface area contributed by atoms with Gasteiger partial charge in [0.05, 0.1) is 5.71 Å². The number of nitrogens with one attached hydrogen (secondary N) is 2. The second kappa shape index (κ2) is 6.66. The van der Waals surface area contributed by atoms with Crippen molar-refractivity contribution in [2.75, 3.05) is 5.32 Å². The Morgan fingerprint density at radius 2 is 1.83 bits per heavy atom. The van der Waals surface area contributed by atoms with Crippen molar-refractivity contribution in [1.82, 2.24) is 5.43 Å². The van der Waals surface area contributed by atoms with Crippen molar-refractivity contribution in [2.24, 2.45) is 5.10 Å². The van der Waals surface area contributed by atoms with Crippen LogP contribution < -0.4 is 10.7 Å². The largest absolute Gasteiger partial charge is 0.322 e. The van der Waals surface area contributed by atoms with E-state index in [0.29, 0.717) is 18.4 Å². The molecular weight excluding hydrogens is 302 g/mol. The number of carbonyl (C=O) groups is 2. The Morgan fingerprint density at radius 3 is 2.46 bits per heavy atom. The van der Waals surface area contributed by atoms with E-state index in [2.05, 4.69) is 15.8 Å². The van der Waals surface area contributed by atoms with E-state index in [9.17, 15) is 9.59 Å². The van der Waals surface area contributed by atoms with Gasteiger partial charge in [0.15, 0.2) is 0 Å². The Balaban J connectivity index is 1.72. The lowest BCUT2D eigenvalue weighted by Gasteiger charge is -2.13. The van der Waals surface area contributed by atoms with Crippen LogP contribution in [0.2, 0.25) is 0 Å². The van der Waals surface area contributed by atoms with Crippen molar-refractivity contribution < 1.29 is 9.59 Å². The van der Waals surface area contributed by atoms with E-state index >= 15 is 0 Å². The fourth-order valence-electron chi connectivity index (χ4n) is 2.70. The molecule has 0 atom stereocenters. The van der Waals surface area contributed by atoms with Crippen LogP contribution in [0.25, 0.3) is 0 Å². The van der Waals surface area contributed by atoms with Gasteiger partial charge in [-0.25, -0.2) is 5.43 Å². The quantitative estimate of drug-likeness (QED) is 0.911. The lowest BCUT2D eigenvalue weighted by Crippen LogP contribution is -2.25. The number of aryl methyl sites for hydroxylation is 2. The van der Waals surface area contributed by atoms with E-state index in [4.69, 9.17) is 0 Å². The maximum absolute atomic E-state index is 12.4. The number of benzene rings is 2. The normalized spacial score (nSPS) is 13.9. The molecule has 3 rings (SSSR count). The van der Waals surface area contributed by atoms with E-state index in [1.165, 1.54) is 0 Å². The maximum Gasteiger partial charge on any atom is 0.255 e. The van der Waals surface area contributed by atoms with Gasteiger partial charge in [-0.2, -0.15) is 5.10 Å². The Hall–Kier alpha value is -2.95. The van der Waals surface area contributed by atoms with Gasteiger partial charge in [0.2, 0.25) is 5.91 Å². The molecule has 1 heterocycles. The zero-order valence-corrected chi connectivity index (χ0v) is 13.7. The zero-order chi connectivity index (χ0) is 17.1. The van der Waals surface area contributed by atoms with Crippen LogP contribution in [0.4, 0.5) is 5.69 Å². The van der Waals surface area contributed by atoms with Gasteiger partial charge in [-0.1, -0.05) is 29.8 Å². The molecule has 0 aromatic heterocycles. The van der Waals surface area contributed by atoms with Gasteiger partial charge in [-0.15, -0.1) is 0 Å². The monoisotopic (exact) mass is 321 g/mol. The number of amides is 2. The fourth-order valence-corrected chi connectivity index (χ4v) is 2.70. The highest BCUT2D eigenvalue weighted by molar-refractivity contribution is 6.06. The molecule has 1 aliphatic heterocycles. The first-order valence-electron chi connectivity index (χ1n) is 7.87. The molecule has 0 aliphatic carbocycles. The minimum atomic E-state index is -0.123. The zero-order valence-electron chi connectivity index (χ0n) is 13.7. The van der Waals surface area contributed by atoms with Crippen LogP contribution >= 0.6 is 0 Å². The summed E-state index contributed by atoms with van der Waals surface area (Å²) in [6, 6.07) is 13.2. The Kier molecular flexibility index (Phi) is 4.42. The molecule has 0 bridgehead atoms.